The van der Waals surface area contributed by atoms with Gasteiger partial charge in [0.05, 0.1) is 0 Å². The van der Waals surface area contributed by atoms with Crippen LogP contribution >= 0.6 is 0 Å². The Morgan fingerprint density at radius 1 is 1.43 bits per heavy atom. The predicted molar refractivity (Wildman–Crippen MR) is 49.4 cm³/mol. The number of hydrazine groups is 1. The zero-order chi connectivity index (χ0) is 9.97. The van der Waals surface area contributed by atoms with Crippen LogP contribution in [0.15, 0.2) is 30.3 Å². The predicted octanol–water partition coefficient (Wildman–Crippen LogP) is 0.556. The van der Waals surface area contributed by atoms with Crippen molar-refractivity contribution in [2.24, 2.45) is 0 Å². The summed E-state index contributed by atoms with van der Waals surface area (Å²) in [4.78, 5) is 11.7. The summed E-state index contributed by atoms with van der Waals surface area (Å²) in [6.45, 7) is 0.164. The molecule has 1 fully saturated rings. The summed E-state index contributed by atoms with van der Waals surface area (Å²) >= 11 is 0. The SMILES string of the molecule is N=C1OCNN1C(=O)c1ccccc1. The second-order valence-corrected chi connectivity index (χ2v) is 2.76. The minimum Gasteiger partial charge on any atom is -0.446 e. The van der Waals surface area contributed by atoms with Crippen molar-refractivity contribution >= 4 is 11.9 Å². The lowest BCUT2D eigenvalue weighted by Gasteiger charge is -2.11. The van der Waals surface area contributed by atoms with Gasteiger partial charge in [0.1, 0.15) is 0 Å². The monoisotopic (exact) mass is 191 g/mol. The summed E-state index contributed by atoms with van der Waals surface area (Å²) in [5.74, 6) is -0.284. The van der Waals surface area contributed by atoms with Crippen molar-refractivity contribution in [1.29, 1.82) is 5.41 Å². The van der Waals surface area contributed by atoms with Crippen molar-refractivity contribution in [3.05, 3.63) is 35.9 Å². The van der Waals surface area contributed by atoms with Crippen LogP contribution in [-0.4, -0.2) is 23.7 Å². The lowest BCUT2D eigenvalue weighted by atomic mass is 10.2. The fourth-order valence-corrected chi connectivity index (χ4v) is 1.18. The molecule has 1 aromatic carbocycles. The highest BCUT2D eigenvalue weighted by Gasteiger charge is 2.25. The van der Waals surface area contributed by atoms with Crippen LogP contribution in [0.5, 0.6) is 0 Å². The third-order valence-electron chi connectivity index (χ3n) is 1.86. The van der Waals surface area contributed by atoms with Crippen molar-refractivity contribution < 1.29 is 9.53 Å². The number of carbonyl (C=O) groups excluding carboxylic acids is 1. The van der Waals surface area contributed by atoms with E-state index in [1.165, 1.54) is 0 Å². The summed E-state index contributed by atoms with van der Waals surface area (Å²) in [7, 11) is 0. The van der Waals surface area contributed by atoms with Gasteiger partial charge in [0.25, 0.3) is 5.91 Å². The molecule has 1 aromatic rings. The molecule has 1 aliphatic rings. The van der Waals surface area contributed by atoms with Crippen LogP contribution in [-0.2, 0) is 4.74 Å². The molecule has 0 aliphatic carbocycles. The van der Waals surface area contributed by atoms with Gasteiger partial charge in [-0.25, -0.2) is 5.41 Å². The van der Waals surface area contributed by atoms with Crippen LogP contribution < -0.4 is 5.43 Å². The summed E-state index contributed by atoms with van der Waals surface area (Å²) in [5, 5.41) is 8.38. The van der Waals surface area contributed by atoms with E-state index in [9.17, 15) is 4.79 Å². The van der Waals surface area contributed by atoms with Crippen LogP contribution in [0, 0.1) is 5.41 Å². The standard InChI is InChI=1S/C9H9N3O2/c10-9-12(11-6-14-9)8(13)7-4-2-1-3-5-7/h1-5,10-11H,6H2. The van der Waals surface area contributed by atoms with Crippen LogP contribution in [0.2, 0.25) is 0 Å². The average molecular weight is 191 g/mol. The Balaban J connectivity index is 2.20. The topological polar surface area (TPSA) is 65.4 Å². The zero-order valence-corrected chi connectivity index (χ0v) is 7.36. The molecule has 0 atom stereocenters. The van der Waals surface area contributed by atoms with E-state index in [0.717, 1.165) is 5.01 Å². The van der Waals surface area contributed by atoms with Gasteiger partial charge in [-0.05, 0) is 12.1 Å². The number of nitrogens with one attached hydrogen (secondary N) is 2. The largest absolute Gasteiger partial charge is 0.446 e. The van der Waals surface area contributed by atoms with E-state index in [0.29, 0.717) is 5.56 Å². The maximum absolute atomic E-state index is 11.7. The van der Waals surface area contributed by atoms with Gasteiger partial charge in [-0.1, -0.05) is 18.2 Å². The molecule has 1 heterocycles. The van der Waals surface area contributed by atoms with E-state index in [4.69, 9.17) is 10.1 Å². The lowest BCUT2D eigenvalue weighted by Crippen LogP contribution is -2.39. The summed E-state index contributed by atoms with van der Waals surface area (Å²) in [6, 6.07) is 8.59. The Labute approximate surface area is 80.8 Å². The first-order valence-corrected chi connectivity index (χ1v) is 4.13. The molecular formula is C9H9N3O2. The molecule has 72 valence electrons. The molecule has 2 N–H and O–H groups in total. The van der Waals surface area contributed by atoms with E-state index >= 15 is 0 Å². The van der Waals surface area contributed by atoms with Crippen LogP contribution in [0.25, 0.3) is 0 Å². The summed E-state index contributed by atoms with van der Waals surface area (Å²) < 4.78 is 4.79. The van der Waals surface area contributed by atoms with Gasteiger partial charge in [-0.15, -0.1) is 0 Å². The highest BCUT2D eigenvalue weighted by Crippen LogP contribution is 2.06. The third kappa shape index (κ3) is 1.45. The van der Waals surface area contributed by atoms with Gasteiger partial charge >= 0.3 is 6.02 Å². The Kier molecular flexibility index (Phi) is 2.16. The fourth-order valence-electron chi connectivity index (χ4n) is 1.18. The molecule has 1 aliphatic heterocycles. The molecule has 5 nitrogen and oxygen atoms in total. The average Bonchev–Trinajstić information content (AvgIpc) is 2.65. The van der Waals surface area contributed by atoms with Crippen LogP contribution in [0.1, 0.15) is 10.4 Å². The Hall–Kier alpha value is -1.88. The molecule has 0 spiro atoms. The van der Waals surface area contributed by atoms with Gasteiger partial charge in [-0.3, -0.25) is 4.79 Å². The van der Waals surface area contributed by atoms with E-state index in [-0.39, 0.29) is 18.7 Å². The van der Waals surface area contributed by atoms with Crippen molar-refractivity contribution in [3.8, 4) is 0 Å². The second-order valence-electron chi connectivity index (χ2n) is 2.76. The van der Waals surface area contributed by atoms with Crippen molar-refractivity contribution in [2.75, 3.05) is 6.73 Å². The summed E-state index contributed by atoms with van der Waals surface area (Å²) in [5.41, 5.74) is 3.17. The number of carbonyl (C=O) groups is 1. The Bertz CT molecular complexity index is 364. The van der Waals surface area contributed by atoms with E-state index in [2.05, 4.69) is 5.43 Å². The Morgan fingerprint density at radius 3 is 2.71 bits per heavy atom. The van der Waals surface area contributed by atoms with Gasteiger partial charge < -0.3 is 4.74 Å². The molecule has 0 radical (unpaired) electrons. The van der Waals surface area contributed by atoms with Crippen molar-refractivity contribution in [3.63, 3.8) is 0 Å². The molecule has 2 rings (SSSR count). The van der Waals surface area contributed by atoms with E-state index in [1.54, 1.807) is 24.3 Å². The number of hydrogen-bond acceptors (Lipinski definition) is 4. The minimum absolute atomic E-state index is 0.164. The highest BCUT2D eigenvalue weighted by molar-refractivity contribution is 6.03. The number of nitrogens with zero attached hydrogens (tertiary/aromatic N) is 1. The zero-order valence-electron chi connectivity index (χ0n) is 7.36. The third-order valence-corrected chi connectivity index (χ3v) is 1.86. The smallest absolute Gasteiger partial charge is 0.308 e. The number of amides is 1. The molecule has 1 amide bonds. The van der Waals surface area contributed by atoms with Crippen LogP contribution in [0.3, 0.4) is 0 Å². The maximum Gasteiger partial charge on any atom is 0.308 e. The minimum atomic E-state index is -0.284. The van der Waals surface area contributed by atoms with Gasteiger partial charge in [-0.2, -0.15) is 10.4 Å². The van der Waals surface area contributed by atoms with Gasteiger partial charge in [0, 0.05) is 5.56 Å². The normalized spacial score (nSPS) is 15.4. The molecular weight excluding hydrogens is 182 g/mol. The first kappa shape index (κ1) is 8.71. The van der Waals surface area contributed by atoms with E-state index in [1.807, 2.05) is 6.07 Å². The van der Waals surface area contributed by atoms with Gasteiger partial charge in [0.15, 0.2) is 6.73 Å². The molecule has 0 aromatic heterocycles. The maximum atomic E-state index is 11.7. The molecule has 14 heavy (non-hydrogen) atoms. The second kappa shape index (κ2) is 3.47. The number of benzene rings is 1. The Morgan fingerprint density at radius 2 is 2.14 bits per heavy atom. The molecule has 0 saturated carbocycles. The molecule has 1 saturated heterocycles. The first-order chi connectivity index (χ1) is 6.79. The van der Waals surface area contributed by atoms with E-state index < -0.39 is 0 Å². The van der Waals surface area contributed by atoms with Crippen molar-refractivity contribution in [1.82, 2.24) is 10.4 Å². The summed E-state index contributed by atoms with van der Waals surface area (Å²) in [6.07, 6.45) is 0. The fraction of sp³-hybridized carbons (Fsp3) is 0.111. The number of hydrogen-bond donors (Lipinski definition) is 2. The lowest BCUT2D eigenvalue weighted by molar-refractivity contribution is 0.0810. The highest BCUT2D eigenvalue weighted by atomic mass is 16.5. The van der Waals surface area contributed by atoms with Gasteiger partial charge in [0.2, 0.25) is 0 Å². The van der Waals surface area contributed by atoms with Crippen LogP contribution in [0.4, 0.5) is 0 Å². The first-order valence-electron chi connectivity index (χ1n) is 4.13. The number of ether oxygens (including phenoxy) is 1. The number of amidine groups is 1. The molecule has 0 unspecified atom stereocenters. The molecule has 5 heteroatoms. The quantitative estimate of drug-likeness (QED) is 0.681. The molecule has 0 bridgehead atoms. The number of rotatable bonds is 1. The van der Waals surface area contributed by atoms with Crippen molar-refractivity contribution in [2.45, 2.75) is 0 Å².